The van der Waals surface area contributed by atoms with Crippen LogP contribution in [0, 0.1) is 13.8 Å². The Balaban J connectivity index is 1.87. The minimum Gasteiger partial charge on any atom is -0.352 e. The fourth-order valence-corrected chi connectivity index (χ4v) is 3.28. The van der Waals surface area contributed by atoms with Crippen molar-refractivity contribution < 1.29 is 4.79 Å². The Kier molecular flexibility index (Phi) is 3.05. The van der Waals surface area contributed by atoms with E-state index in [9.17, 15) is 4.79 Å². The molecule has 4 rings (SSSR count). The van der Waals surface area contributed by atoms with Crippen LogP contribution in [0.15, 0.2) is 60.3 Å². The zero-order valence-electron chi connectivity index (χ0n) is 13.2. The molecular formula is C21H17NO. The minimum atomic E-state index is 0.0527. The van der Waals surface area contributed by atoms with E-state index < -0.39 is 0 Å². The molecule has 0 aromatic heterocycles. The molecule has 0 aliphatic heterocycles. The number of carbonyl (C=O) groups excluding carboxylic acids is 1. The number of ketones is 1. The highest BCUT2D eigenvalue weighted by Crippen LogP contribution is 2.32. The van der Waals surface area contributed by atoms with Crippen molar-refractivity contribution in [2.45, 2.75) is 13.8 Å². The van der Waals surface area contributed by atoms with E-state index in [0.717, 1.165) is 38.7 Å². The molecule has 1 N–H and O–H groups in total. The predicted octanol–water partition coefficient (Wildman–Crippen LogP) is 5.11. The van der Waals surface area contributed by atoms with Gasteiger partial charge in [0.1, 0.15) is 0 Å². The van der Waals surface area contributed by atoms with E-state index in [1.807, 2.05) is 42.5 Å². The quantitative estimate of drug-likeness (QED) is 0.712. The molecule has 0 fully saturated rings. The van der Waals surface area contributed by atoms with E-state index in [-0.39, 0.29) is 5.78 Å². The van der Waals surface area contributed by atoms with E-state index in [2.05, 4.69) is 37.4 Å². The lowest BCUT2D eigenvalue weighted by Crippen LogP contribution is -2.16. The van der Waals surface area contributed by atoms with Crippen LogP contribution in [-0.4, -0.2) is 5.78 Å². The summed E-state index contributed by atoms with van der Waals surface area (Å²) in [6.45, 7) is 4.11. The Morgan fingerprint density at radius 1 is 0.826 bits per heavy atom. The second-order valence-electron chi connectivity index (χ2n) is 6.03. The van der Waals surface area contributed by atoms with Gasteiger partial charge < -0.3 is 5.32 Å². The fourth-order valence-electron chi connectivity index (χ4n) is 3.28. The molecule has 0 unspecified atom stereocenters. The largest absolute Gasteiger partial charge is 0.352 e. The van der Waals surface area contributed by atoms with Crippen molar-refractivity contribution in [2.75, 3.05) is 5.32 Å². The first-order valence-electron chi connectivity index (χ1n) is 7.76. The van der Waals surface area contributed by atoms with Gasteiger partial charge in [-0.1, -0.05) is 54.6 Å². The molecule has 2 heteroatoms. The average Bonchev–Trinajstić information content (AvgIpc) is 2.55. The van der Waals surface area contributed by atoms with Gasteiger partial charge in [-0.3, -0.25) is 4.79 Å². The van der Waals surface area contributed by atoms with Gasteiger partial charge in [0.2, 0.25) is 5.78 Å². The number of nitrogens with one attached hydrogen (secondary N) is 1. The second kappa shape index (κ2) is 5.10. The van der Waals surface area contributed by atoms with Gasteiger partial charge in [0.05, 0.1) is 5.70 Å². The first kappa shape index (κ1) is 13.8. The number of benzene rings is 3. The van der Waals surface area contributed by atoms with Crippen molar-refractivity contribution >= 4 is 28.3 Å². The van der Waals surface area contributed by atoms with E-state index in [4.69, 9.17) is 0 Å². The van der Waals surface area contributed by atoms with Gasteiger partial charge in [0.15, 0.2) is 0 Å². The number of aryl methyl sites for hydroxylation is 2. The first-order chi connectivity index (χ1) is 11.1. The van der Waals surface area contributed by atoms with Crippen LogP contribution in [-0.2, 0) is 0 Å². The zero-order chi connectivity index (χ0) is 16.0. The molecule has 0 amide bonds. The number of allylic oxidation sites excluding steroid dienone is 1. The van der Waals surface area contributed by atoms with Crippen molar-refractivity contribution in [3.63, 3.8) is 0 Å². The standard InChI is InChI=1S/C21H17NO/c1-13-6-3-7-14(2)20(13)22-18-12-16-10-4-8-15-9-5-11-17(19(15)16)21(18)23/h3-12,22H,1-2H3. The molecule has 2 nitrogen and oxygen atoms in total. The normalized spacial score (nSPS) is 13.1. The Bertz CT molecular complexity index is 957. The summed E-state index contributed by atoms with van der Waals surface area (Å²) in [5, 5.41) is 5.52. The lowest BCUT2D eigenvalue weighted by atomic mass is 9.90. The van der Waals surface area contributed by atoms with Crippen molar-refractivity contribution in [3.8, 4) is 0 Å². The van der Waals surface area contributed by atoms with E-state index in [1.54, 1.807) is 0 Å². The average molecular weight is 299 g/mol. The minimum absolute atomic E-state index is 0.0527. The molecule has 1 aliphatic carbocycles. The number of para-hydroxylation sites is 1. The smallest absolute Gasteiger partial charge is 0.209 e. The van der Waals surface area contributed by atoms with Gasteiger partial charge >= 0.3 is 0 Å². The highest BCUT2D eigenvalue weighted by molar-refractivity contribution is 6.23. The summed E-state index contributed by atoms with van der Waals surface area (Å²) >= 11 is 0. The highest BCUT2D eigenvalue weighted by atomic mass is 16.1. The fraction of sp³-hybridized carbons (Fsp3) is 0.0952. The third-order valence-electron chi connectivity index (χ3n) is 4.47. The summed E-state index contributed by atoms with van der Waals surface area (Å²) in [6, 6.07) is 18.2. The Morgan fingerprint density at radius 2 is 1.48 bits per heavy atom. The molecule has 0 bridgehead atoms. The number of anilines is 1. The summed E-state index contributed by atoms with van der Waals surface area (Å²) in [5.41, 5.74) is 5.78. The molecule has 1 aliphatic rings. The van der Waals surface area contributed by atoms with Crippen molar-refractivity contribution in [1.82, 2.24) is 0 Å². The van der Waals surface area contributed by atoms with Crippen LogP contribution in [0.5, 0.6) is 0 Å². The number of carbonyl (C=O) groups is 1. The van der Waals surface area contributed by atoms with Crippen molar-refractivity contribution in [2.24, 2.45) is 0 Å². The van der Waals surface area contributed by atoms with Crippen LogP contribution in [0.25, 0.3) is 16.8 Å². The predicted molar refractivity (Wildman–Crippen MR) is 95.8 cm³/mol. The Morgan fingerprint density at radius 3 is 2.22 bits per heavy atom. The second-order valence-corrected chi connectivity index (χ2v) is 6.03. The van der Waals surface area contributed by atoms with Gasteiger partial charge in [-0.05, 0) is 42.0 Å². The zero-order valence-corrected chi connectivity index (χ0v) is 13.2. The van der Waals surface area contributed by atoms with Crippen molar-refractivity contribution in [3.05, 3.63) is 82.5 Å². The summed E-state index contributed by atoms with van der Waals surface area (Å²) in [6.07, 6.45) is 1.96. The lowest BCUT2D eigenvalue weighted by molar-refractivity contribution is 0.103. The van der Waals surface area contributed by atoms with Crippen molar-refractivity contribution in [1.29, 1.82) is 0 Å². The van der Waals surface area contributed by atoms with E-state index in [1.165, 1.54) is 0 Å². The van der Waals surface area contributed by atoms with Crippen LogP contribution >= 0.6 is 0 Å². The molecule has 0 radical (unpaired) electrons. The van der Waals surface area contributed by atoms with Gasteiger partial charge in [-0.15, -0.1) is 0 Å². The number of hydrogen-bond acceptors (Lipinski definition) is 2. The maximum absolute atomic E-state index is 12.9. The molecule has 112 valence electrons. The third kappa shape index (κ3) is 2.15. The Hall–Kier alpha value is -2.87. The van der Waals surface area contributed by atoms with Gasteiger partial charge in [0, 0.05) is 16.6 Å². The van der Waals surface area contributed by atoms with Crippen LogP contribution in [0.1, 0.15) is 27.0 Å². The number of hydrogen-bond donors (Lipinski definition) is 1. The molecule has 0 saturated carbocycles. The molecule has 0 saturated heterocycles. The molecule has 23 heavy (non-hydrogen) atoms. The van der Waals surface area contributed by atoms with Crippen LogP contribution in [0.3, 0.4) is 0 Å². The topological polar surface area (TPSA) is 29.1 Å². The van der Waals surface area contributed by atoms with Crippen LogP contribution < -0.4 is 5.32 Å². The van der Waals surface area contributed by atoms with Gasteiger partial charge in [0.25, 0.3) is 0 Å². The molecule has 3 aromatic carbocycles. The molecule has 0 atom stereocenters. The maximum atomic E-state index is 12.9. The Labute approximate surface area is 135 Å². The lowest BCUT2D eigenvalue weighted by Gasteiger charge is -2.20. The third-order valence-corrected chi connectivity index (χ3v) is 4.47. The summed E-state index contributed by atoms with van der Waals surface area (Å²) in [5.74, 6) is 0.0527. The van der Waals surface area contributed by atoms with Gasteiger partial charge in [-0.2, -0.15) is 0 Å². The van der Waals surface area contributed by atoms with E-state index in [0.29, 0.717) is 5.70 Å². The summed E-state index contributed by atoms with van der Waals surface area (Å²) in [4.78, 5) is 12.9. The molecule has 0 heterocycles. The van der Waals surface area contributed by atoms with Crippen LogP contribution in [0.2, 0.25) is 0 Å². The van der Waals surface area contributed by atoms with E-state index >= 15 is 0 Å². The number of rotatable bonds is 2. The summed E-state index contributed by atoms with van der Waals surface area (Å²) in [7, 11) is 0. The molecule has 0 spiro atoms. The number of Topliss-reactive ketones (excluding diaryl/α,β-unsaturated/α-hetero) is 1. The monoisotopic (exact) mass is 299 g/mol. The van der Waals surface area contributed by atoms with Gasteiger partial charge in [-0.25, -0.2) is 0 Å². The van der Waals surface area contributed by atoms with Crippen LogP contribution in [0.4, 0.5) is 5.69 Å². The summed E-state index contributed by atoms with van der Waals surface area (Å²) < 4.78 is 0. The highest BCUT2D eigenvalue weighted by Gasteiger charge is 2.22. The maximum Gasteiger partial charge on any atom is 0.209 e. The molecule has 3 aromatic rings. The molecular weight excluding hydrogens is 282 g/mol. The first-order valence-corrected chi connectivity index (χ1v) is 7.76. The SMILES string of the molecule is Cc1cccc(C)c1NC1=Cc2cccc3cccc(c23)C1=O.